The molecule has 1 aliphatic carbocycles. The van der Waals surface area contributed by atoms with Gasteiger partial charge in [0.25, 0.3) is 5.56 Å². The molecule has 2 fully saturated rings. The molecule has 2 heterocycles. The van der Waals surface area contributed by atoms with Crippen LogP contribution >= 0.6 is 0 Å². The maximum Gasteiger partial charge on any atom is 0.252 e. The van der Waals surface area contributed by atoms with E-state index in [4.69, 9.17) is 0 Å². The van der Waals surface area contributed by atoms with Crippen LogP contribution in [0.2, 0.25) is 0 Å². The first-order valence-electron chi connectivity index (χ1n) is 6.40. The first-order chi connectivity index (χ1) is 8.31. The van der Waals surface area contributed by atoms with Crippen molar-refractivity contribution in [2.75, 3.05) is 18.0 Å². The number of anilines is 1. The third-order valence-corrected chi connectivity index (χ3v) is 3.34. The monoisotopic (exact) mass is 234 g/mol. The molecule has 1 aliphatic heterocycles. The molecule has 1 saturated carbocycles. The lowest BCUT2D eigenvalue weighted by atomic mass is 10.4. The molecule has 2 N–H and O–H groups in total. The minimum Gasteiger partial charge on any atom is -0.342 e. The average molecular weight is 234 g/mol. The van der Waals surface area contributed by atoms with Crippen LogP contribution in [0.1, 0.15) is 31.4 Å². The van der Waals surface area contributed by atoms with Gasteiger partial charge < -0.3 is 10.2 Å². The summed E-state index contributed by atoms with van der Waals surface area (Å²) in [5.74, 6) is 0.739. The van der Waals surface area contributed by atoms with Gasteiger partial charge in [0.15, 0.2) is 0 Å². The second kappa shape index (κ2) is 4.49. The Labute approximate surface area is 100 Å². The molecule has 0 spiro atoms. The van der Waals surface area contributed by atoms with Crippen LogP contribution in [0.15, 0.2) is 10.9 Å². The molecule has 0 unspecified atom stereocenters. The van der Waals surface area contributed by atoms with E-state index in [9.17, 15) is 4.79 Å². The highest BCUT2D eigenvalue weighted by atomic mass is 16.1. The Bertz CT molecular complexity index is 446. The van der Waals surface area contributed by atoms with Gasteiger partial charge in [-0.2, -0.15) is 0 Å². The second-order valence-corrected chi connectivity index (χ2v) is 4.91. The molecular weight excluding hydrogens is 216 g/mol. The number of rotatable bonds is 4. The van der Waals surface area contributed by atoms with Crippen LogP contribution in [0.25, 0.3) is 0 Å². The normalized spacial score (nSPS) is 19.9. The smallest absolute Gasteiger partial charge is 0.252 e. The van der Waals surface area contributed by atoms with Crippen molar-refractivity contribution >= 4 is 5.95 Å². The van der Waals surface area contributed by atoms with Gasteiger partial charge in [-0.05, 0) is 25.7 Å². The maximum atomic E-state index is 11.6. The van der Waals surface area contributed by atoms with Crippen LogP contribution in [0.3, 0.4) is 0 Å². The van der Waals surface area contributed by atoms with Crippen LogP contribution in [0, 0.1) is 0 Å². The molecule has 92 valence electrons. The Kier molecular flexibility index (Phi) is 2.84. The van der Waals surface area contributed by atoms with E-state index in [-0.39, 0.29) is 5.56 Å². The Morgan fingerprint density at radius 2 is 2.18 bits per heavy atom. The number of hydrogen-bond donors (Lipinski definition) is 2. The second-order valence-electron chi connectivity index (χ2n) is 4.91. The van der Waals surface area contributed by atoms with Gasteiger partial charge in [-0.3, -0.25) is 9.78 Å². The highest BCUT2D eigenvalue weighted by molar-refractivity contribution is 5.31. The Hall–Kier alpha value is -1.36. The quantitative estimate of drug-likeness (QED) is 0.802. The molecule has 1 aromatic rings. The Balaban J connectivity index is 1.75. The van der Waals surface area contributed by atoms with E-state index >= 15 is 0 Å². The molecule has 0 bridgehead atoms. The molecular formula is C12H18N4O. The molecule has 0 radical (unpaired) electrons. The first kappa shape index (κ1) is 10.8. The van der Waals surface area contributed by atoms with E-state index < -0.39 is 0 Å². The molecule has 5 heteroatoms. The third kappa shape index (κ3) is 2.66. The minimum atomic E-state index is -0.0468. The number of aromatic nitrogens is 2. The van der Waals surface area contributed by atoms with Crippen LogP contribution in [-0.2, 0) is 6.54 Å². The van der Waals surface area contributed by atoms with Crippen molar-refractivity contribution in [1.29, 1.82) is 0 Å². The predicted octanol–water partition coefficient (Wildman–Crippen LogP) is 0.622. The summed E-state index contributed by atoms with van der Waals surface area (Å²) in [6.45, 7) is 2.71. The van der Waals surface area contributed by atoms with E-state index in [1.165, 1.54) is 25.7 Å². The first-order valence-corrected chi connectivity index (χ1v) is 6.40. The predicted molar refractivity (Wildman–Crippen MR) is 66.2 cm³/mol. The van der Waals surface area contributed by atoms with Gasteiger partial charge in [-0.1, -0.05) is 0 Å². The van der Waals surface area contributed by atoms with Crippen molar-refractivity contribution in [2.45, 2.75) is 38.3 Å². The van der Waals surface area contributed by atoms with E-state index in [0.29, 0.717) is 12.6 Å². The molecule has 1 saturated heterocycles. The summed E-state index contributed by atoms with van der Waals surface area (Å²) >= 11 is 0. The van der Waals surface area contributed by atoms with Crippen LogP contribution in [0.5, 0.6) is 0 Å². The van der Waals surface area contributed by atoms with Gasteiger partial charge >= 0.3 is 0 Å². The molecule has 3 rings (SSSR count). The van der Waals surface area contributed by atoms with Gasteiger partial charge in [0.05, 0.1) is 5.69 Å². The van der Waals surface area contributed by atoms with Gasteiger partial charge in [-0.15, -0.1) is 0 Å². The van der Waals surface area contributed by atoms with Crippen molar-refractivity contribution < 1.29 is 0 Å². The topological polar surface area (TPSA) is 61.0 Å². The molecule has 17 heavy (non-hydrogen) atoms. The van der Waals surface area contributed by atoms with Gasteiger partial charge in [-0.25, -0.2) is 4.98 Å². The molecule has 0 atom stereocenters. The van der Waals surface area contributed by atoms with Crippen molar-refractivity contribution in [3.8, 4) is 0 Å². The average Bonchev–Trinajstić information content (AvgIpc) is 2.98. The largest absolute Gasteiger partial charge is 0.342 e. The summed E-state index contributed by atoms with van der Waals surface area (Å²) < 4.78 is 0. The van der Waals surface area contributed by atoms with Crippen LogP contribution in [-0.4, -0.2) is 29.1 Å². The van der Waals surface area contributed by atoms with Gasteiger partial charge in [0.1, 0.15) is 0 Å². The van der Waals surface area contributed by atoms with E-state index in [1.807, 2.05) is 0 Å². The summed E-state index contributed by atoms with van der Waals surface area (Å²) in [7, 11) is 0. The lowest BCUT2D eigenvalue weighted by molar-refractivity contribution is 0.669. The molecule has 0 amide bonds. The zero-order valence-electron chi connectivity index (χ0n) is 9.91. The van der Waals surface area contributed by atoms with E-state index in [1.54, 1.807) is 6.07 Å². The van der Waals surface area contributed by atoms with E-state index in [0.717, 1.165) is 24.7 Å². The summed E-state index contributed by atoms with van der Waals surface area (Å²) in [6, 6.07) is 2.24. The highest BCUT2D eigenvalue weighted by Crippen LogP contribution is 2.19. The third-order valence-electron chi connectivity index (χ3n) is 3.34. The number of hydrogen-bond acceptors (Lipinski definition) is 4. The van der Waals surface area contributed by atoms with Crippen LogP contribution in [0.4, 0.5) is 5.95 Å². The SMILES string of the molecule is O=c1cc(CNC2CC2)nc(N2CCCC2)[nH]1. The number of nitrogens with zero attached hydrogens (tertiary/aromatic N) is 2. The van der Waals surface area contributed by atoms with Crippen LogP contribution < -0.4 is 15.8 Å². The summed E-state index contributed by atoms with van der Waals surface area (Å²) in [5, 5.41) is 3.38. The number of nitrogens with one attached hydrogen (secondary N) is 2. The summed E-state index contributed by atoms with van der Waals surface area (Å²) in [4.78, 5) is 21.1. The fourth-order valence-corrected chi connectivity index (χ4v) is 2.20. The minimum absolute atomic E-state index is 0.0468. The fourth-order valence-electron chi connectivity index (χ4n) is 2.20. The van der Waals surface area contributed by atoms with Crippen molar-refractivity contribution in [1.82, 2.24) is 15.3 Å². The molecule has 2 aliphatic rings. The standard InChI is InChI=1S/C12H18N4O/c17-11-7-10(8-13-9-3-4-9)14-12(15-11)16-5-1-2-6-16/h7,9,13H,1-6,8H2,(H,14,15,17). The molecule has 0 aromatic carbocycles. The van der Waals surface area contributed by atoms with Crippen molar-refractivity contribution in [3.05, 3.63) is 22.1 Å². The number of H-pyrrole nitrogens is 1. The Morgan fingerprint density at radius 3 is 2.88 bits per heavy atom. The summed E-state index contributed by atoms with van der Waals surface area (Å²) in [6.07, 6.45) is 4.88. The van der Waals surface area contributed by atoms with E-state index in [2.05, 4.69) is 20.2 Å². The van der Waals surface area contributed by atoms with Crippen molar-refractivity contribution in [2.24, 2.45) is 0 Å². The maximum absolute atomic E-state index is 11.6. The van der Waals surface area contributed by atoms with Crippen molar-refractivity contribution in [3.63, 3.8) is 0 Å². The highest BCUT2D eigenvalue weighted by Gasteiger charge is 2.21. The Morgan fingerprint density at radius 1 is 1.41 bits per heavy atom. The molecule has 5 nitrogen and oxygen atoms in total. The lowest BCUT2D eigenvalue weighted by Crippen LogP contribution is -2.26. The fraction of sp³-hybridized carbons (Fsp3) is 0.667. The van der Waals surface area contributed by atoms with Gasteiger partial charge in [0, 0.05) is 31.7 Å². The zero-order chi connectivity index (χ0) is 11.7. The zero-order valence-corrected chi connectivity index (χ0v) is 9.91. The molecule has 1 aromatic heterocycles. The number of aromatic amines is 1. The lowest BCUT2D eigenvalue weighted by Gasteiger charge is -2.16. The van der Waals surface area contributed by atoms with Gasteiger partial charge in [0.2, 0.25) is 5.95 Å². The summed E-state index contributed by atoms with van der Waals surface area (Å²) in [5.41, 5.74) is 0.803.